The van der Waals surface area contributed by atoms with Crippen LogP contribution in [0.25, 0.3) is 0 Å². The van der Waals surface area contributed by atoms with Crippen LogP contribution in [0.1, 0.15) is 30.2 Å². The number of amides is 1. The molecule has 3 nitrogen and oxygen atoms in total. The summed E-state index contributed by atoms with van der Waals surface area (Å²) in [6.07, 6.45) is 1.29. The number of carbonyl (C=O) groups is 1. The normalized spacial score (nSPS) is 20.1. The van der Waals surface area contributed by atoms with Gasteiger partial charge in [-0.2, -0.15) is 0 Å². The van der Waals surface area contributed by atoms with Gasteiger partial charge in [-0.3, -0.25) is 4.79 Å². The van der Waals surface area contributed by atoms with Crippen LogP contribution in [0.4, 0.5) is 5.69 Å². The molecule has 0 spiro atoms. The number of rotatable bonds is 3. The summed E-state index contributed by atoms with van der Waals surface area (Å²) in [5.41, 5.74) is 0.786. The molecule has 0 bridgehead atoms. The van der Waals surface area contributed by atoms with E-state index in [4.69, 9.17) is 4.11 Å². The molecule has 1 saturated heterocycles. The van der Waals surface area contributed by atoms with Crippen molar-refractivity contribution in [2.45, 2.75) is 32.2 Å². The van der Waals surface area contributed by atoms with Crippen LogP contribution in [0, 0.1) is 0 Å². The minimum absolute atomic E-state index is 0.0773. The summed E-state index contributed by atoms with van der Waals surface area (Å²) in [5, 5.41) is 3.26. The van der Waals surface area contributed by atoms with Crippen LogP contribution in [0.5, 0.6) is 0 Å². The first-order chi connectivity index (χ1) is 9.47. The Balaban J connectivity index is 2.22. The van der Waals surface area contributed by atoms with Gasteiger partial charge in [-0.15, -0.1) is 0 Å². The first-order valence-electron chi connectivity index (χ1n) is 7.55. The molecule has 1 fully saturated rings. The number of hydrogen-bond acceptors (Lipinski definition) is 2. The van der Waals surface area contributed by atoms with Gasteiger partial charge in [0.25, 0.3) is 0 Å². The molecule has 1 amide bonds. The molecule has 0 unspecified atom stereocenters. The van der Waals surface area contributed by atoms with E-state index in [-0.39, 0.29) is 11.9 Å². The van der Waals surface area contributed by atoms with Crippen molar-refractivity contribution in [1.29, 1.82) is 0 Å². The average Bonchev–Trinajstić information content (AvgIpc) is 2.39. The zero-order chi connectivity index (χ0) is 14.6. The number of para-hydroxylation sites is 1. The lowest BCUT2D eigenvalue weighted by Crippen LogP contribution is -2.46. The summed E-state index contributed by atoms with van der Waals surface area (Å²) in [5.74, 6) is -0.317. The molecule has 0 atom stereocenters. The second kappa shape index (κ2) is 5.82. The third kappa shape index (κ3) is 2.86. The fraction of sp³-hybridized carbons (Fsp3) is 0.500. The maximum atomic E-state index is 12.4. The number of piperidine rings is 1. The van der Waals surface area contributed by atoms with Gasteiger partial charge in [0.05, 0.1) is 0 Å². The molecule has 0 aromatic heterocycles. The Labute approximate surface area is 107 Å². The second-order valence-electron chi connectivity index (χ2n) is 4.26. The molecule has 1 heterocycles. The first kappa shape index (κ1) is 8.70. The highest BCUT2D eigenvalue weighted by molar-refractivity contribution is 5.93. The van der Waals surface area contributed by atoms with Crippen molar-refractivity contribution in [1.82, 2.24) is 5.32 Å². The summed E-state index contributed by atoms with van der Waals surface area (Å²) in [6.45, 7) is -0.513. The van der Waals surface area contributed by atoms with E-state index in [1.807, 2.05) is 30.3 Å². The van der Waals surface area contributed by atoms with E-state index < -0.39 is 13.3 Å². The number of nitrogens with zero attached hydrogens (tertiary/aromatic N) is 1. The van der Waals surface area contributed by atoms with Crippen LogP contribution in [0.2, 0.25) is 0 Å². The van der Waals surface area contributed by atoms with Gasteiger partial charge in [-0.1, -0.05) is 25.1 Å². The molecule has 1 N–H and O–H groups in total. The maximum Gasteiger partial charge on any atom is 0.226 e. The molecular formula is C14H20N2O. The largest absolute Gasteiger partial charge is 0.317 e. The van der Waals surface area contributed by atoms with E-state index in [2.05, 4.69) is 5.32 Å². The quantitative estimate of drug-likeness (QED) is 0.871. The van der Waals surface area contributed by atoms with Crippen molar-refractivity contribution >= 4 is 11.6 Å². The van der Waals surface area contributed by atoms with Crippen LogP contribution in [0.3, 0.4) is 0 Å². The van der Waals surface area contributed by atoms with Gasteiger partial charge in [0.15, 0.2) is 0 Å². The Morgan fingerprint density at radius 3 is 2.76 bits per heavy atom. The molecule has 0 saturated carbocycles. The number of nitrogens with one attached hydrogen (secondary N) is 1. The van der Waals surface area contributed by atoms with Crippen LogP contribution in [-0.4, -0.2) is 25.0 Å². The molecule has 1 aliphatic heterocycles. The van der Waals surface area contributed by atoms with Crippen molar-refractivity contribution in [2.75, 3.05) is 18.0 Å². The topological polar surface area (TPSA) is 32.3 Å². The van der Waals surface area contributed by atoms with Gasteiger partial charge in [0.1, 0.15) is 0 Å². The summed E-state index contributed by atoms with van der Waals surface area (Å²) in [6, 6.07) is 9.42. The minimum Gasteiger partial charge on any atom is -0.317 e. The monoisotopic (exact) mass is 235 g/mol. The summed E-state index contributed by atoms with van der Waals surface area (Å²) in [4.78, 5) is 14.1. The third-order valence-corrected chi connectivity index (χ3v) is 3.13. The van der Waals surface area contributed by atoms with E-state index in [1.54, 1.807) is 4.90 Å². The zero-order valence-electron chi connectivity index (χ0n) is 12.9. The molecule has 0 radical (unpaired) electrons. The van der Waals surface area contributed by atoms with Crippen molar-refractivity contribution in [3.8, 4) is 0 Å². The molecule has 0 aliphatic carbocycles. The number of benzene rings is 1. The Kier molecular flexibility index (Phi) is 2.98. The summed E-state index contributed by atoms with van der Waals surface area (Å²) < 4.78 is 21.9. The van der Waals surface area contributed by atoms with Gasteiger partial charge in [0, 0.05) is 22.3 Å². The SMILES string of the molecule is [2H]C([2H])([2H])CC(=O)N(c1ccccc1)C1CCNCC1. The van der Waals surface area contributed by atoms with Crippen molar-refractivity contribution in [3.63, 3.8) is 0 Å². The fourth-order valence-corrected chi connectivity index (χ4v) is 2.30. The van der Waals surface area contributed by atoms with Gasteiger partial charge in [-0.05, 0) is 38.1 Å². The highest BCUT2D eigenvalue weighted by Gasteiger charge is 2.25. The van der Waals surface area contributed by atoms with Gasteiger partial charge in [-0.25, -0.2) is 0 Å². The van der Waals surface area contributed by atoms with Gasteiger partial charge in [0.2, 0.25) is 5.91 Å². The molecule has 1 aromatic carbocycles. The molecule has 2 rings (SSSR count). The lowest BCUT2D eigenvalue weighted by molar-refractivity contribution is -0.118. The van der Waals surface area contributed by atoms with Crippen molar-refractivity contribution < 1.29 is 8.91 Å². The number of anilines is 1. The maximum absolute atomic E-state index is 12.4. The zero-order valence-corrected chi connectivity index (χ0v) is 9.86. The Morgan fingerprint density at radius 2 is 2.12 bits per heavy atom. The highest BCUT2D eigenvalue weighted by atomic mass is 16.2. The van der Waals surface area contributed by atoms with Gasteiger partial charge < -0.3 is 10.2 Å². The van der Waals surface area contributed by atoms with E-state index >= 15 is 0 Å². The highest BCUT2D eigenvalue weighted by Crippen LogP contribution is 2.22. The molecular weight excluding hydrogens is 212 g/mol. The van der Waals surface area contributed by atoms with Crippen LogP contribution >= 0.6 is 0 Å². The minimum atomic E-state index is -2.23. The van der Waals surface area contributed by atoms with Crippen LogP contribution < -0.4 is 10.2 Å². The second-order valence-corrected chi connectivity index (χ2v) is 4.26. The molecule has 1 aromatic rings. The molecule has 3 heteroatoms. The first-order valence-corrected chi connectivity index (χ1v) is 6.05. The molecule has 1 aliphatic rings. The Bertz CT molecular complexity index is 441. The van der Waals surface area contributed by atoms with E-state index in [1.165, 1.54) is 0 Å². The predicted molar refractivity (Wildman–Crippen MR) is 70.1 cm³/mol. The van der Waals surface area contributed by atoms with E-state index in [0.29, 0.717) is 0 Å². The molecule has 92 valence electrons. The summed E-state index contributed by atoms with van der Waals surface area (Å²) >= 11 is 0. The Hall–Kier alpha value is -1.35. The number of hydrogen-bond donors (Lipinski definition) is 1. The fourth-order valence-electron chi connectivity index (χ4n) is 2.30. The van der Waals surface area contributed by atoms with E-state index in [0.717, 1.165) is 31.6 Å². The summed E-state index contributed by atoms with van der Waals surface area (Å²) in [7, 11) is 0. The van der Waals surface area contributed by atoms with Crippen molar-refractivity contribution in [3.05, 3.63) is 30.3 Å². The van der Waals surface area contributed by atoms with E-state index in [9.17, 15) is 4.79 Å². The van der Waals surface area contributed by atoms with Gasteiger partial charge >= 0.3 is 0 Å². The standard InChI is InChI=1S/C14H20N2O/c1-2-14(17)16(12-6-4-3-5-7-12)13-8-10-15-11-9-13/h3-7,13,15H,2,8-11H2,1H3/i1D3. The van der Waals surface area contributed by atoms with Crippen LogP contribution in [0.15, 0.2) is 30.3 Å². The average molecular weight is 235 g/mol. The number of carbonyl (C=O) groups excluding carboxylic acids is 1. The van der Waals surface area contributed by atoms with Crippen molar-refractivity contribution in [2.24, 2.45) is 0 Å². The third-order valence-electron chi connectivity index (χ3n) is 3.13. The Morgan fingerprint density at radius 1 is 1.41 bits per heavy atom. The lowest BCUT2D eigenvalue weighted by Gasteiger charge is -2.34. The molecule has 17 heavy (non-hydrogen) atoms. The lowest BCUT2D eigenvalue weighted by atomic mass is 10.0. The smallest absolute Gasteiger partial charge is 0.226 e. The van der Waals surface area contributed by atoms with Crippen LogP contribution in [-0.2, 0) is 4.79 Å². The predicted octanol–water partition coefficient (Wildman–Crippen LogP) is 2.18.